The van der Waals surface area contributed by atoms with Crippen LogP contribution >= 0.6 is 15.9 Å². The van der Waals surface area contributed by atoms with Crippen molar-refractivity contribution in [3.8, 4) is 11.5 Å². The average molecular weight is 327 g/mol. The molecule has 0 unspecified atom stereocenters. The topological polar surface area (TPSA) is 55.8 Å². The van der Waals surface area contributed by atoms with Crippen molar-refractivity contribution in [2.45, 2.75) is 31.1 Å². The Morgan fingerprint density at radius 2 is 2.26 bits per heavy atom. The Kier molecular flexibility index (Phi) is 2.96. The van der Waals surface area contributed by atoms with Crippen LogP contribution in [-0.4, -0.2) is 24.8 Å². The molecule has 1 saturated carbocycles. The van der Waals surface area contributed by atoms with Crippen LogP contribution in [-0.2, 0) is 16.6 Å². The molecule has 0 spiro atoms. The molecule has 1 aliphatic heterocycles. The summed E-state index contributed by atoms with van der Waals surface area (Å²) in [7, 11) is 1.59. The fraction of sp³-hybridized carbons (Fsp3) is 0.500. The number of rotatable bonds is 3. The number of methoxy groups -OCH3 is 1. The minimum absolute atomic E-state index is 0.619. The number of ether oxygens (including phenoxy) is 2. The molecule has 19 heavy (non-hydrogen) atoms. The van der Waals surface area contributed by atoms with Crippen molar-refractivity contribution in [3.63, 3.8) is 0 Å². The van der Waals surface area contributed by atoms with E-state index in [4.69, 9.17) is 9.47 Å². The van der Waals surface area contributed by atoms with Crippen molar-refractivity contribution in [2.75, 3.05) is 13.7 Å². The van der Waals surface area contributed by atoms with Crippen molar-refractivity contribution < 1.29 is 19.4 Å². The molecule has 3 rings (SSSR count). The first-order chi connectivity index (χ1) is 9.10. The molecule has 0 saturated heterocycles. The number of carboxylic acid groups (broad SMARTS) is 1. The maximum atomic E-state index is 11.7. The SMILES string of the molecule is COc1cc(C2(C(=O)O)CCC2)c(Br)c2c1OCC2. The van der Waals surface area contributed by atoms with Gasteiger partial charge in [0.2, 0.25) is 0 Å². The lowest BCUT2D eigenvalue weighted by molar-refractivity contribution is -0.147. The number of halogens is 1. The van der Waals surface area contributed by atoms with Crippen molar-refractivity contribution in [1.82, 2.24) is 0 Å². The third-order valence-corrected chi connectivity index (χ3v) is 5.13. The number of carboxylic acids is 1. The highest BCUT2D eigenvalue weighted by Crippen LogP contribution is 2.52. The maximum absolute atomic E-state index is 11.7. The highest BCUT2D eigenvalue weighted by atomic mass is 79.9. The molecule has 1 N–H and O–H groups in total. The summed E-state index contributed by atoms with van der Waals surface area (Å²) in [5, 5.41) is 9.58. The standard InChI is InChI=1S/C14H15BrO4/c1-18-10-7-9(14(13(16)17)4-2-5-14)11(15)8-3-6-19-12(8)10/h7H,2-6H2,1H3,(H,16,17). The van der Waals surface area contributed by atoms with Crippen LogP contribution in [0.1, 0.15) is 30.4 Å². The summed E-state index contributed by atoms with van der Waals surface area (Å²) < 4.78 is 11.8. The molecule has 4 nitrogen and oxygen atoms in total. The van der Waals surface area contributed by atoms with Crippen LogP contribution in [0.15, 0.2) is 10.5 Å². The van der Waals surface area contributed by atoms with E-state index < -0.39 is 11.4 Å². The normalized spacial score (nSPS) is 19.3. The summed E-state index contributed by atoms with van der Waals surface area (Å²) in [6.45, 7) is 0.619. The molecule has 0 atom stereocenters. The second kappa shape index (κ2) is 4.40. The van der Waals surface area contributed by atoms with Gasteiger partial charge in [0.15, 0.2) is 11.5 Å². The first-order valence-corrected chi connectivity index (χ1v) is 7.15. The molecule has 2 aliphatic rings. The van der Waals surface area contributed by atoms with Crippen LogP contribution in [0.5, 0.6) is 11.5 Å². The predicted molar refractivity (Wildman–Crippen MR) is 73.1 cm³/mol. The monoisotopic (exact) mass is 326 g/mol. The average Bonchev–Trinajstić information content (AvgIpc) is 2.79. The summed E-state index contributed by atoms with van der Waals surface area (Å²) in [5.41, 5.74) is 1.10. The van der Waals surface area contributed by atoms with E-state index in [0.29, 0.717) is 25.2 Å². The summed E-state index contributed by atoms with van der Waals surface area (Å²) in [5.74, 6) is 0.636. The van der Waals surface area contributed by atoms with Gasteiger partial charge in [0.25, 0.3) is 0 Å². The van der Waals surface area contributed by atoms with Gasteiger partial charge in [0.1, 0.15) is 0 Å². The summed E-state index contributed by atoms with van der Waals surface area (Å²) in [6, 6.07) is 1.82. The molecule has 0 aromatic heterocycles. The lowest BCUT2D eigenvalue weighted by Gasteiger charge is -2.39. The summed E-state index contributed by atoms with van der Waals surface area (Å²) >= 11 is 3.58. The van der Waals surface area contributed by atoms with Gasteiger partial charge in [-0.3, -0.25) is 4.79 Å². The Bertz CT molecular complexity index is 549. The third kappa shape index (κ3) is 1.67. The van der Waals surface area contributed by atoms with Crippen molar-refractivity contribution in [2.24, 2.45) is 0 Å². The predicted octanol–water partition coefficient (Wildman–Crippen LogP) is 2.90. The van der Waals surface area contributed by atoms with E-state index in [1.54, 1.807) is 7.11 Å². The quantitative estimate of drug-likeness (QED) is 0.927. The highest BCUT2D eigenvalue weighted by molar-refractivity contribution is 9.10. The summed E-state index contributed by atoms with van der Waals surface area (Å²) in [6.07, 6.45) is 3.11. The highest BCUT2D eigenvalue weighted by Gasteiger charge is 2.48. The molecule has 1 aromatic carbocycles. The molecule has 1 fully saturated rings. The van der Waals surface area contributed by atoms with E-state index in [9.17, 15) is 9.90 Å². The van der Waals surface area contributed by atoms with Crippen LogP contribution in [0.3, 0.4) is 0 Å². The number of aliphatic carboxylic acids is 1. The lowest BCUT2D eigenvalue weighted by atomic mass is 9.64. The molecular weight excluding hydrogens is 312 g/mol. The largest absolute Gasteiger partial charge is 0.493 e. The maximum Gasteiger partial charge on any atom is 0.314 e. The molecule has 1 heterocycles. The zero-order valence-electron chi connectivity index (χ0n) is 10.7. The van der Waals surface area contributed by atoms with Crippen LogP contribution in [0.2, 0.25) is 0 Å². The van der Waals surface area contributed by atoms with Gasteiger partial charge in [-0.15, -0.1) is 0 Å². The third-order valence-electron chi connectivity index (χ3n) is 4.23. The molecule has 1 aliphatic carbocycles. The van der Waals surface area contributed by atoms with Crippen LogP contribution in [0.25, 0.3) is 0 Å². The molecule has 102 valence electrons. The Balaban J connectivity index is 2.20. The molecule has 5 heteroatoms. The number of hydrogen-bond acceptors (Lipinski definition) is 3. The lowest BCUT2D eigenvalue weighted by Crippen LogP contribution is -2.42. The van der Waals surface area contributed by atoms with Crippen molar-refractivity contribution in [3.05, 3.63) is 21.7 Å². The van der Waals surface area contributed by atoms with E-state index in [1.807, 2.05) is 6.07 Å². The minimum Gasteiger partial charge on any atom is -0.493 e. The molecule has 0 bridgehead atoms. The molecule has 0 radical (unpaired) electrons. The number of carbonyl (C=O) groups is 1. The van der Waals surface area contributed by atoms with E-state index in [-0.39, 0.29) is 0 Å². The van der Waals surface area contributed by atoms with E-state index in [0.717, 1.165) is 34.2 Å². The Hall–Kier alpha value is -1.23. The van der Waals surface area contributed by atoms with Crippen molar-refractivity contribution >= 4 is 21.9 Å². The second-order valence-corrected chi connectivity index (χ2v) is 5.88. The van der Waals surface area contributed by atoms with Gasteiger partial charge in [0.05, 0.1) is 19.1 Å². The molecule has 0 amide bonds. The fourth-order valence-corrected chi connectivity index (χ4v) is 3.81. The Labute approximate surface area is 119 Å². The van der Waals surface area contributed by atoms with Gasteiger partial charge in [0, 0.05) is 16.5 Å². The van der Waals surface area contributed by atoms with Crippen LogP contribution in [0, 0.1) is 0 Å². The zero-order valence-corrected chi connectivity index (χ0v) is 12.2. The minimum atomic E-state index is -0.760. The zero-order chi connectivity index (χ0) is 13.6. The first-order valence-electron chi connectivity index (χ1n) is 6.36. The van der Waals surface area contributed by atoms with Gasteiger partial charge >= 0.3 is 5.97 Å². The second-order valence-electron chi connectivity index (χ2n) is 5.09. The van der Waals surface area contributed by atoms with Gasteiger partial charge in [-0.2, -0.15) is 0 Å². The molecular formula is C14H15BrO4. The van der Waals surface area contributed by atoms with Crippen LogP contribution in [0.4, 0.5) is 0 Å². The van der Waals surface area contributed by atoms with Gasteiger partial charge in [-0.25, -0.2) is 0 Å². The fourth-order valence-electron chi connectivity index (χ4n) is 2.94. The van der Waals surface area contributed by atoms with Gasteiger partial charge < -0.3 is 14.6 Å². The summed E-state index contributed by atoms with van der Waals surface area (Å²) in [4.78, 5) is 11.7. The van der Waals surface area contributed by atoms with Gasteiger partial charge in [-0.1, -0.05) is 22.4 Å². The number of fused-ring (bicyclic) bond motifs is 1. The van der Waals surface area contributed by atoms with E-state index in [2.05, 4.69) is 15.9 Å². The van der Waals surface area contributed by atoms with E-state index in [1.165, 1.54) is 0 Å². The first kappa shape index (κ1) is 12.8. The number of benzene rings is 1. The van der Waals surface area contributed by atoms with Crippen molar-refractivity contribution in [1.29, 1.82) is 0 Å². The number of hydrogen-bond donors (Lipinski definition) is 1. The van der Waals surface area contributed by atoms with Gasteiger partial charge in [-0.05, 0) is 24.5 Å². The molecule has 1 aromatic rings. The Morgan fingerprint density at radius 3 is 2.79 bits per heavy atom. The van der Waals surface area contributed by atoms with E-state index >= 15 is 0 Å². The van der Waals surface area contributed by atoms with Crippen LogP contribution < -0.4 is 9.47 Å². The Morgan fingerprint density at radius 1 is 1.53 bits per heavy atom. The smallest absolute Gasteiger partial charge is 0.314 e.